The van der Waals surface area contributed by atoms with E-state index in [-0.39, 0.29) is 24.3 Å². The minimum atomic E-state index is -0.499. The van der Waals surface area contributed by atoms with E-state index in [2.05, 4.69) is 10.3 Å². The molecule has 2 bridgehead atoms. The summed E-state index contributed by atoms with van der Waals surface area (Å²) in [4.78, 5) is 24.2. The first-order valence-corrected chi connectivity index (χ1v) is 10.1. The van der Waals surface area contributed by atoms with Crippen LogP contribution in [0.1, 0.15) is 69.6 Å². The number of carbonyl (C=O) groups excluding carboxylic acids is 1. The van der Waals surface area contributed by atoms with E-state index >= 15 is 0 Å². The van der Waals surface area contributed by atoms with Crippen LogP contribution in [0.5, 0.6) is 0 Å². The number of aromatic nitrogens is 2. The molecule has 4 rings (SSSR count). The van der Waals surface area contributed by atoms with Crippen molar-refractivity contribution in [3.05, 3.63) is 17.1 Å². The number of ether oxygens (including phenoxy) is 2. The molecule has 3 atom stereocenters. The van der Waals surface area contributed by atoms with Gasteiger partial charge in [0.2, 0.25) is 0 Å². The summed E-state index contributed by atoms with van der Waals surface area (Å²) < 4.78 is 11.4. The molecule has 3 aliphatic heterocycles. The number of fused-ring (bicyclic) bond motifs is 4. The molecule has 7 nitrogen and oxygen atoms in total. The number of anilines is 1. The van der Waals surface area contributed by atoms with Gasteiger partial charge in [0, 0.05) is 31.2 Å². The summed E-state index contributed by atoms with van der Waals surface area (Å²) in [7, 11) is 0. The van der Waals surface area contributed by atoms with Crippen molar-refractivity contribution >= 4 is 11.9 Å². The third-order valence-corrected chi connectivity index (χ3v) is 5.53. The van der Waals surface area contributed by atoms with Crippen molar-refractivity contribution < 1.29 is 14.3 Å². The molecule has 0 saturated carbocycles. The predicted octanol–water partition coefficient (Wildman–Crippen LogP) is 3.37. The Labute approximate surface area is 160 Å². The van der Waals surface area contributed by atoms with Crippen LogP contribution in [0.25, 0.3) is 0 Å². The lowest BCUT2D eigenvalue weighted by molar-refractivity contribution is 0.0123. The molecule has 3 unspecified atom stereocenters. The number of rotatable bonds is 3. The summed E-state index contributed by atoms with van der Waals surface area (Å²) in [5.74, 6) is 1.63. The van der Waals surface area contributed by atoms with Crippen LogP contribution in [0.2, 0.25) is 0 Å². The molecule has 0 spiro atoms. The van der Waals surface area contributed by atoms with E-state index in [1.165, 1.54) is 0 Å². The van der Waals surface area contributed by atoms with Crippen molar-refractivity contribution in [1.29, 1.82) is 0 Å². The van der Waals surface area contributed by atoms with Crippen LogP contribution in [0.15, 0.2) is 0 Å². The van der Waals surface area contributed by atoms with Crippen LogP contribution in [0.3, 0.4) is 0 Å². The van der Waals surface area contributed by atoms with Crippen molar-refractivity contribution in [2.75, 3.05) is 18.5 Å². The normalized spacial score (nSPS) is 26.8. The van der Waals surface area contributed by atoms with Crippen LogP contribution >= 0.6 is 0 Å². The van der Waals surface area contributed by atoms with Gasteiger partial charge in [-0.1, -0.05) is 0 Å². The lowest BCUT2D eigenvalue weighted by Gasteiger charge is -2.37. The molecule has 2 saturated heterocycles. The van der Waals surface area contributed by atoms with E-state index in [1.807, 2.05) is 32.6 Å². The highest BCUT2D eigenvalue weighted by atomic mass is 16.6. The number of nitrogens with zero attached hydrogens (tertiary/aromatic N) is 3. The fourth-order valence-electron chi connectivity index (χ4n) is 4.48. The van der Waals surface area contributed by atoms with Gasteiger partial charge in [-0.2, -0.15) is 0 Å². The maximum absolute atomic E-state index is 12.9. The molecule has 0 aliphatic carbocycles. The van der Waals surface area contributed by atoms with Gasteiger partial charge in [-0.25, -0.2) is 14.8 Å². The second kappa shape index (κ2) is 6.93. The van der Waals surface area contributed by atoms with Crippen molar-refractivity contribution in [1.82, 2.24) is 14.9 Å². The number of amides is 1. The zero-order valence-electron chi connectivity index (χ0n) is 16.7. The maximum Gasteiger partial charge on any atom is 0.411 e. The Morgan fingerprint density at radius 3 is 2.81 bits per heavy atom. The van der Waals surface area contributed by atoms with Crippen molar-refractivity contribution in [3.8, 4) is 0 Å². The summed E-state index contributed by atoms with van der Waals surface area (Å²) in [5, 5.41) is 3.49. The van der Waals surface area contributed by atoms with Crippen LogP contribution in [-0.4, -0.2) is 51.9 Å². The SMILES string of the molecule is Cc1nc2c(c(NCC3CCCO3)n1)C1CCC(C2)N1C(=O)OC(C)(C)C. The zero-order chi connectivity index (χ0) is 19.2. The average Bonchev–Trinajstić information content (AvgIpc) is 3.18. The summed E-state index contributed by atoms with van der Waals surface area (Å²) in [6.45, 7) is 9.23. The second-order valence-electron chi connectivity index (χ2n) is 8.83. The highest BCUT2D eigenvalue weighted by molar-refractivity contribution is 5.71. The minimum absolute atomic E-state index is 0.0128. The highest BCUT2D eigenvalue weighted by Crippen LogP contribution is 2.46. The first-order valence-electron chi connectivity index (χ1n) is 10.1. The zero-order valence-corrected chi connectivity index (χ0v) is 16.7. The maximum atomic E-state index is 12.9. The van der Waals surface area contributed by atoms with Gasteiger partial charge >= 0.3 is 6.09 Å². The Morgan fingerprint density at radius 2 is 2.11 bits per heavy atom. The molecule has 27 heavy (non-hydrogen) atoms. The lowest BCUT2D eigenvalue weighted by atomic mass is 9.98. The quantitative estimate of drug-likeness (QED) is 0.874. The average molecular weight is 374 g/mol. The molecule has 1 aromatic rings. The Balaban J connectivity index is 1.61. The monoisotopic (exact) mass is 374 g/mol. The standard InChI is InChI=1S/C20H30N4O3/c1-12-22-15-10-13-7-8-16(24(13)19(25)27-20(2,3)4)17(15)18(23-12)21-11-14-6-5-9-26-14/h13-14,16H,5-11H2,1-4H3,(H,21,22,23). The smallest absolute Gasteiger partial charge is 0.411 e. The first kappa shape index (κ1) is 18.5. The van der Waals surface area contributed by atoms with E-state index in [0.29, 0.717) is 0 Å². The Bertz CT molecular complexity index is 725. The summed E-state index contributed by atoms with van der Waals surface area (Å²) >= 11 is 0. The topological polar surface area (TPSA) is 76.6 Å². The molecular formula is C20H30N4O3. The van der Waals surface area contributed by atoms with Gasteiger partial charge in [0.05, 0.1) is 17.8 Å². The molecule has 1 aromatic heterocycles. The Hall–Kier alpha value is -1.89. The van der Waals surface area contributed by atoms with E-state index in [4.69, 9.17) is 14.5 Å². The number of nitrogens with one attached hydrogen (secondary N) is 1. The second-order valence-corrected chi connectivity index (χ2v) is 8.83. The van der Waals surface area contributed by atoms with Crippen molar-refractivity contribution in [3.63, 3.8) is 0 Å². The van der Waals surface area contributed by atoms with Crippen LogP contribution in [-0.2, 0) is 15.9 Å². The van der Waals surface area contributed by atoms with Crippen LogP contribution < -0.4 is 5.32 Å². The Kier molecular flexibility index (Phi) is 4.74. The molecule has 1 amide bonds. The van der Waals surface area contributed by atoms with Gasteiger partial charge in [0.25, 0.3) is 0 Å². The van der Waals surface area contributed by atoms with Gasteiger partial charge in [0.1, 0.15) is 17.2 Å². The number of carbonyl (C=O) groups is 1. The van der Waals surface area contributed by atoms with Gasteiger partial charge in [-0.15, -0.1) is 0 Å². The number of hydrogen-bond donors (Lipinski definition) is 1. The molecule has 3 aliphatic rings. The lowest BCUT2D eigenvalue weighted by Crippen LogP contribution is -2.45. The number of aryl methyl sites for hydroxylation is 1. The third-order valence-electron chi connectivity index (χ3n) is 5.53. The predicted molar refractivity (Wildman–Crippen MR) is 102 cm³/mol. The van der Waals surface area contributed by atoms with Gasteiger partial charge in [-0.3, -0.25) is 4.90 Å². The summed E-state index contributed by atoms with van der Waals surface area (Å²) in [6.07, 6.45) is 4.87. The summed E-state index contributed by atoms with van der Waals surface area (Å²) in [6, 6.07) is 0.152. The number of hydrogen-bond acceptors (Lipinski definition) is 6. The van der Waals surface area contributed by atoms with Crippen molar-refractivity contribution in [2.24, 2.45) is 0 Å². The van der Waals surface area contributed by atoms with E-state index in [9.17, 15) is 4.79 Å². The van der Waals surface area contributed by atoms with Crippen molar-refractivity contribution in [2.45, 2.75) is 83.6 Å². The molecule has 1 N–H and O–H groups in total. The minimum Gasteiger partial charge on any atom is -0.444 e. The first-order chi connectivity index (χ1) is 12.8. The van der Waals surface area contributed by atoms with Crippen LogP contribution in [0.4, 0.5) is 10.6 Å². The molecular weight excluding hydrogens is 344 g/mol. The van der Waals surface area contributed by atoms with E-state index in [0.717, 1.165) is 68.2 Å². The molecule has 2 fully saturated rings. The summed E-state index contributed by atoms with van der Waals surface area (Å²) in [5.41, 5.74) is 1.64. The largest absolute Gasteiger partial charge is 0.444 e. The molecule has 4 heterocycles. The van der Waals surface area contributed by atoms with E-state index < -0.39 is 5.60 Å². The van der Waals surface area contributed by atoms with Gasteiger partial charge < -0.3 is 14.8 Å². The fraction of sp³-hybridized carbons (Fsp3) is 0.750. The highest BCUT2D eigenvalue weighted by Gasteiger charge is 2.46. The molecule has 0 radical (unpaired) electrons. The fourth-order valence-corrected chi connectivity index (χ4v) is 4.48. The van der Waals surface area contributed by atoms with Gasteiger partial charge in [-0.05, 0) is 53.4 Å². The van der Waals surface area contributed by atoms with E-state index in [1.54, 1.807) is 0 Å². The Morgan fingerprint density at radius 1 is 1.30 bits per heavy atom. The molecule has 0 aromatic carbocycles. The molecule has 7 heteroatoms. The third kappa shape index (κ3) is 3.74. The van der Waals surface area contributed by atoms with Gasteiger partial charge in [0.15, 0.2) is 0 Å². The molecule has 148 valence electrons. The van der Waals surface area contributed by atoms with Crippen LogP contribution in [0, 0.1) is 6.92 Å².